The first-order chi connectivity index (χ1) is 7.06. The first-order valence-corrected chi connectivity index (χ1v) is 6.18. The molecule has 0 saturated heterocycles. The Bertz CT molecular complexity index is 391. The van der Waals surface area contributed by atoms with Crippen LogP contribution in [0.25, 0.3) is 0 Å². The second kappa shape index (κ2) is 5.20. The van der Waals surface area contributed by atoms with E-state index in [2.05, 4.69) is 9.71 Å². The van der Waals surface area contributed by atoms with Crippen LogP contribution in [-0.4, -0.2) is 25.2 Å². The van der Waals surface area contributed by atoms with Crippen LogP contribution in [0.4, 0.5) is 0 Å². The van der Waals surface area contributed by atoms with Crippen LogP contribution in [-0.2, 0) is 16.6 Å². The molecule has 15 heavy (non-hydrogen) atoms. The Morgan fingerprint density at radius 2 is 2.33 bits per heavy atom. The molecule has 6 heteroatoms. The van der Waals surface area contributed by atoms with Gasteiger partial charge in [0.15, 0.2) is 0 Å². The van der Waals surface area contributed by atoms with E-state index in [1.807, 2.05) is 6.07 Å². The summed E-state index contributed by atoms with van der Waals surface area (Å²) in [5.74, 6) is 0. The molecular weight excluding hydrogens is 214 g/mol. The zero-order valence-electron chi connectivity index (χ0n) is 8.55. The first-order valence-electron chi connectivity index (χ1n) is 4.63. The van der Waals surface area contributed by atoms with E-state index in [0.29, 0.717) is 0 Å². The topological polar surface area (TPSA) is 85.1 Å². The van der Waals surface area contributed by atoms with Gasteiger partial charge in [0, 0.05) is 25.5 Å². The highest BCUT2D eigenvalue weighted by atomic mass is 32.2. The molecule has 0 fully saturated rings. The standard InChI is InChI=1S/C9H15N3O2S/c1-8(5-10)15(13,14)12-7-9-3-2-4-11-6-9/h2-4,6,8,12H,5,7,10H2,1H3. The predicted molar refractivity (Wildman–Crippen MR) is 58.5 cm³/mol. The van der Waals surface area contributed by atoms with Crippen molar-refractivity contribution in [1.29, 1.82) is 0 Å². The molecule has 1 heterocycles. The molecule has 0 amide bonds. The highest BCUT2D eigenvalue weighted by molar-refractivity contribution is 7.90. The van der Waals surface area contributed by atoms with Crippen molar-refractivity contribution in [2.75, 3.05) is 6.54 Å². The normalized spacial score (nSPS) is 13.7. The average Bonchev–Trinajstić information content (AvgIpc) is 2.27. The number of nitrogens with one attached hydrogen (secondary N) is 1. The van der Waals surface area contributed by atoms with Crippen molar-refractivity contribution in [1.82, 2.24) is 9.71 Å². The van der Waals surface area contributed by atoms with Gasteiger partial charge in [0.25, 0.3) is 0 Å². The number of hydrogen-bond donors (Lipinski definition) is 2. The van der Waals surface area contributed by atoms with Gasteiger partial charge in [-0.25, -0.2) is 13.1 Å². The molecule has 0 aliphatic rings. The summed E-state index contributed by atoms with van der Waals surface area (Å²) in [5, 5.41) is -0.575. The third kappa shape index (κ3) is 3.58. The molecule has 5 nitrogen and oxygen atoms in total. The van der Waals surface area contributed by atoms with Gasteiger partial charge in [0.05, 0.1) is 5.25 Å². The fourth-order valence-corrected chi connectivity index (χ4v) is 1.86. The molecule has 0 radical (unpaired) electrons. The van der Waals surface area contributed by atoms with Gasteiger partial charge in [-0.05, 0) is 18.6 Å². The molecule has 1 aromatic rings. The maximum atomic E-state index is 11.5. The number of sulfonamides is 1. The van der Waals surface area contributed by atoms with E-state index in [4.69, 9.17) is 5.73 Å². The number of hydrogen-bond acceptors (Lipinski definition) is 4. The lowest BCUT2D eigenvalue weighted by atomic mass is 10.3. The third-order valence-corrected chi connectivity index (χ3v) is 3.86. The summed E-state index contributed by atoms with van der Waals surface area (Å²) in [4.78, 5) is 3.89. The van der Waals surface area contributed by atoms with Crippen LogP contribution in [0.1, 0.15) is 12.5 Å². The van der Waals surface area contributed by atoms with Crippen LogP contribution in [0.3, 0.4) is 0 Å². The van der Waals surface area contributed by atoms with E-state index in [9.17, 15) is 8.42 Å². The quantitative estimate of drug-likeness (QED) is 0.735. The van der Waals surface area contributed by atoms with Crippen LogP contribution in [0.15, 0.2) is 24.5 Å². The second-order valence-electron chi connectivity index (χ2n) is 3.27. The molecule has 0 aromatic carbocycles. The largest absolute Gasteiger partial charge is 0.329 e. The molecule has 0 bridgehead atoms. The van der Waals surface area contributed by atoms with Gasteiger partial charge in [0.1, 0.15) is 0 Å². The molecule has 1 unspecified atom stereocenters. The van der Waals surface area contributed by atoms with Gasteiger partial charge in [-0.2, -0.15) is 0 Å². The van der Waals surface area contributed by atoms with Crippen molar-refractivity contribution in [2.45, 2.75) is 18.7 Å². The van der Waals surface area contributed by atoms with Crippen molar-refractivity contribution in [3.8, 4) is 0 Å². The minimum absolute atomic E-state index is 0.113. The summed E-state index contributed by atoms with van der Waals surface area (Å²) in [6.45, 7) is 1.94. The van der Waals surface area contributed by atoms with Crippen molar-refractivity contribution in [3.63, 3.8) is 0 Å². The Morgan fingerprint density at radius 3 is 2.87 bits per heavy atom. The smallest absolute Gasteiger partial charge is 0.215 e. The lowest BCUT2D eigenvalue weighted by Gasteiger charge is -2.11. The SMILES string of the molecule is CC(CN)S(=O)(=O)NCc1cccnc1. The summed E-state index contributed by atoms with van der Waals surface area (Å²) >= 11 is 0. The Labute approximate surface area is 89.8 Å². The van der Waals surface area contributed by atoms with Gasteiger partial charge in [-0.1, -0.05) is 6.07 Å². The Balaban J connectivity index is 2.58. The molecule has 84 valence electrons. The summed E-state index contributed by atoms with van der Waals surface area (Å²) in [5.41, 5.74) is 6.12. The average molecular weight is 229 g/mol. The van der Waals surface area contributed by atoms with Crippen molar-refractivity contribution in [3.05, 3.63) is 30.1 Å². The molecule has 1 aromatic heterocycles. The molecule has 3 N–H and O–H groups in total. The summed E-state index contributed by atoms with van der Waals surface area (Å²) < 4.78 is 25.5. The zero-order valence-corrected chi connectivity index (χ0v) is 9.37. The van der Waals surface area contributed by atoms with E-state index in [1.54, 1.807) is 25.4 Å². The van der Waals surface area contributed by atoms with Gasteiger partial charge in [-0.3, -0.25) is 4.98 Å². The maximum Gasteiger partial charge on any atom is 0.215 e. The zero-order chi connectivity index (χ0) is 11.3. The highest BCUT2D eigenvalue weighted by Crippen LogP contribution is 2.00. The van der Waals surface area contributed by atoms with E-state index < -0.39 is 15.3 Å². The van der Waals surface area contributed by atoms with E-state index in [-0.39, 0.29) is 13.1 Å². The number of nitrogens with two attached hydrogens (primary N) is 1. The second-order valence-corrected chi connectivity index (χ2v) is 5.46. The van der Waals surface area contributed by atoms with Gasteiger partial charge in [-0.15, -0.1) is 0 Å². The Kier molecular flexibility index (Phi) is 4.19. The molecule has 0 saturated carbocycles. The first kappa shape index (κ1) is 12.1. The number of rotatable bonds is 5. The van der Waals surface area contributed by atoms with E-state index >= 15 is 0 Å². The minimum atomic E-state index is -3.31. The number of pyridine rings is 1. The molecule has 0 aliphatic heterocycles. The highest BCUT2D eigenvalue weighted by Gasteiger charge is 2.18. The third-order valence-electron chi connectivity index (χ3n) is 2.06. The van der Waals surface area contributed by atoms with Crippen LogP contribution < -0.4 is 10.5 Å². The summed E-state index contributed by atoms with van der Waals surface area (Å²) in [6.07, 6.45) is 3.26. The minimum Gasteiger partial charge on any atom is -0.329 e. The molecule has 0 aliphatic carbocycles. The lowest BCUT2D eigenvalue weighted by Crippen LogP contribution is -2.36. The fourth-order valence-electron chi connectivity index (χ4n) is 0.956. The molecule has 1 atom stereocenters. The van der Waals surface area contributed by atoms with E-state index in [0.717, 1.165) is 5.56 Å². The monoisotopic (exact) mass is 229 g/mol. The predicted octanol–water partition coefficient (Wildman–Crippen LogP) is -0.152. The maximum absolute atomic E-state index is 11.5. The van der Waals surface area contributed by atoms with Gasteiger partial charge in [0.2, 0.25) is 10.0 Å². The van der Waals surface area contributed by atoms with Gasteiger partial charge < -0.3 is 5.73 Å². The van der Waals surface area contributed by atoms with Crippen LogP contribution in [0.5, 0.6) is 0 Å². The molecular formula is C9H15N3O2S. The Morgan fingerprint density at radius 1 is 1.60 bits per heavy atom. The summed E-state index contributed by atoms with van der Waals surface area (Å²) in [6, 6.07) is 3.57. The number of nitrogens with zero attached hydrogens (tertiary/aromatic N) is 1. The van der Waals surface area contributed by atoms with Crippen molar-refractivity contribution >= 4 is 10.0 Å². The Hall–Kier alpha value is -0.980. The number of aromatic nitrogens is 1. The molecule has 0 spiro atoms. The van der Waals surface area contributed by atoms with Crippen LogP contribution in [0, 0.1) is 0 Å². The van der Waals surface area contributed by atoms with Crippen LogP contribution >= 0.6 is 0 Å². The van der Waals surface area contributed by atoms with Crippen molar-refractivity contribution < 1.29 is 8.42 Å². The summed E-state index contributed by atoms with van der Waals surface area (Å²) in [7, 11) is -3.31. The van der Waals surface area contributed by atoms with Crippen LogP contribution in [0.2, 0.25) is 0 Å². The van der Waals surface area contributed by atoms with E-state index in [1.165, 1.54) is 0 Å². The molecule has 1 rings (SSSR count). The lowest BCUT2D eigenvalue weighted by molar-refractivity contribution is 0.568. The van der Waals surface area contributed by atoms with Crippen molar-refractivity contribution in [2.24, 2.45) is 5.73 Å². The van der Waals surface area contributed by atoms with Gasteiger partial charge >= 0.3 is 0 Å². The fraction of sp³-hybridized carbons (Fsp3) is 0.444.